The highest BCUT2D eigenvalue weighted by molar-refractivity contribution is 8.77. The number of likely N-dealkylation sites (N-methyl/N-ethyl adjacent to an activating group) is 1. The number of nitrogens with one attached hydrogen (secondary N) is 2. The number of aryl methyl sites for hydroxylation is 1. The van der Waals surface area contributed by atoms with Crippen LogP contribution in [0.1, 0.15) is 109 Å². The van der Waals surface area contributed by atoms with Crippen LogP contribution in [0.15, 0.2) is 91.0 Å². The number of benzene rings is 5. The van der Waals surface area contributed by atoms with Crippen LogP contribution in [0, 0.1) is 6.92 Å². The molecule has 4 aliphatic rings. The summed E-state index contributed by atoms with van der Waals surface area (Å²) in [7, 11) is 3.64. The number of fused-ring (bicyclic) bond motifs is 8. The Morgan fingerprint density at radius 1 is 0.829 bits per heavy atom. The van der Waals surface area contributed by atoms with Gasteiger partial charge in [0.2, 0.25) is 5.91 Å². The number of hydrogen-bond acceptors (Lipinski definition) is 14. The van der Waals surface area contributed by atoms with Crippen molar-refractivity contribution >= 4 is 83.6 Å². The van der Waals surface area contributed by atoms with Gasteiger partial charge in [0.25, 0.3) is 21.9 Å². The molecule has 3 unspecified atom stereocenters. The van der Waals surface area contributed by atoms with Crippen LogP contribution in [0.5, 0.6) is 17.2 Å². The average Bonchev–Trinajstić information content (AvgIpc) is 3.97. The molecular weight excluding hydrogens is 1020 g/mol. The van der Waals surface area contributed by atoms with Gasteiger partial charge >= 0.3 is 0 Å². The Hall–Kier alpha value is -6.21. The van der Waals surface area contributed by atoms with E-state index in [2.05, 4.69) is 34.6 Å². The molecule has 0 saturated heterocycles. The molecule has 3 amide bonds. The fourth-order valence-electron chi connectivity index (χ4n) is 10.7. The number of rotatable bonds is 20. The van der Waals surface area contributed by atoms with Crippen LogP contribution < -0.4 is 39.5 Å². The van der Waals surface area contributed by atoms with Crippen molar-refractivity contribution in [2.24, 2.45) is 0 Å². The molecule has 18 heteroatoms. The number of carbonyl (C=O) groups is 4. The van der Waals surface area contributed by atoms with Crippen LogP contribution in [0.25, 0.3) is 0 Å². The molecule has 5 atom stereocenters. The first kappa shape index (κ1) is 54.6. The number of ether oxygens (including phenoxy) is 3. The van der Waals surface area contributed by atoms with Crippen LogP contribution >= 0.6 is 21.6 Å². The fraction of sp³-hybridized carbons (Fsp3) is 0.414. The van der Waals surface area contributed by atoms with Crippen molar-refractivity contribution in [1.82, 2.24) is 0 Å². The Morgan fingerprint density at radius 3 is 2.14 bits per heavy atom. The molecule has 76 heavy (non-hydrogen) atoms. The summed E-state index contributed by atoms with van der Waals surface area (Å²) in [5.74, 6) is 0.736. The predicted molar refractivity (Wildman–Crippen MR) is 303 cm³/mol. The Labute approximate surface area is 454 Å². The first-order chi connectivity index (χ1) is 36.3. The minimum absolute atomic E-state index is 0.00726. The summed E-state index contributed by atoms with van der Waals surface area (Å²) in [5.41, 5.74) is 9.58. The largest absolute Gasteiger partial charge is 0.493 e. The SMILES string of the molecule is CCC(=O)C(CC(C)SSC(C)(C)CCC(=O)Nc1cc(COc2cc3c(cc2C)C(=O)N2c4ccccc4C[C@H]2CN3C)cc(COc2cc3c(cc2OC)C(=O)N2c4ccccc4C[C@H]2C(C)N3)c1)S(=O)(=O)OC. The second-order valence-corrected chi connectivity index (χ2v) is 26.1. The maximum absolute atomic E-state index is 14.3. The molecule has 4 aliphatic heterocycles. The van der Waals surface area contributed by atoms with Crippen LogP contribution in [0.3, 0.4) is 0 Å². The molecule has 5 aromatic carbocycles. The molecular formula is C58H67N5O10S3. The van der Waals surface area contributed by atoms with E-state index in [4.69, 9.17) is 18.4 Å². The molecule has 402 valence electrons. The highest BCUT2D eigenvalue weighted by atomic mass is 33.1. The van der Waals surface area contributed by atoms with E-state index in [1.54, 1.807) is 30.9 Å². The monoisotopic (exact) mass is 1090 g/mol. The van der Waals surface area contributed by atoms with E-state index < -0.39 is 15.4 Å². The van der Waals surface area contributed by atoms with Gasteiger partial charge in [0.15, 0.2) is 17.3 Å². The average molecular weight is 1090 g/mol. The molecule has 0 spiro atoms. The zero-order chi connectivity index (χ0) is 54.2. The van der Waals surface area contributed by atoms with E-state index in [-0.39, 0.29) is 84.1 Å². The molecule has 9 rings (SSSR count). The second kappa shape index (κ2) is 22.4. The predicted octanol–water partition coefficient (Wildman–Crippen LogP) is 10.5. The number of amides is 3. The number of anilines is 5. The summed E-state index contributed by atoms with van der Waals surface area (Å²) in [5, 5.41) is 5.29. The van der Waals surface area contributed by atoms with Gasteiger partial charge in [0.1, 0.15) is 24.2 Å². The molecule has 5 aromatic rings. The molecule has 0 radical (unpaired) electrons. The third kappa shape index (κ3) is 11.4. The van der Waals surface area contributed by atoms with Gasteiger partial charge < -0.3 is 39.5 Å². The summed E-state index contributed by atoms with van der Waals surface area (Å²) in [6.45, 7) is 12.5. The van der Waals surface area contributed by atoms with Gasteiger partial charge in [-0.3, -0.25) is 23.4 Å². The highest BCUT2D eigenvalue weighted by Gasteiger charge is 2.42. The Balaban J connectivity index is 0.933. The summed E-state index contributed by atoms with van der Waals surface area (Å²) < 4.78 is 48.5. The lowest BCUT2D eigenvalue weighted by Crippen LogP contribution is -2.44. The van der Waals surface area contributed by atoms with Gasteiger partial charge in [-0.15, -0.1) is 0 Å². The van der Waals surface area contributed by atoms with Gasteiger partial charge in [-0.2, -0.15) is 8.42 Å². The number of nitrogens with zero attached hydrogens (tertiary/aromatic N) is 3. The second-order valence-electron chi connectivity index (χ2n) is 20.9. The zero-order valence-electron chi connectivity index (χ0n) is 44.6. The number of para-hydroxylation sites is 2. The van der Waals surface area contributed by atoms with Crippen molar-refractivity contribution in [3.63, 3.8) is 0 Å². The quantitative estimate of drug-likeness (QED) is 0.0557. The maximum Gasteiger partial charge on any atom is 0.277 e. The minimum atomic E-state index is -4.03. The summed E-state index contributed by atoms with van der Waals surface area (Å²) in [4.78, 5) is 60.9. The molecule has 2 N–H and O–H groups in total. The number of Topliss-reactive ketones (excluding diaryl/α,β-unsaturated/α-hetero) is 1. The van der Waals surface area contributed by atoms with Gasteiger partial charge in [0, 0.05) is 71.7 Å². The Bertz CT molecular complexity index is 3190. The van der Waals surface area contributed by atoms with Crippen LogP contribution in [-0.4, -0.2) is 93.1 Å². The lowest BCUT2D eigenvalue weighted by Gasteiger charge is -2.27. The molecule has 15 nitrogen and oxygen atoms in total. The molecule has 0 saturated carbocycles. The topological polar surface area (TPSA) is 173 Å². The van der Waals surface area contributed by atoms with Gasteiger partial charge in [-0.05, 0) is 124 Å². The van der Waals surface area contributed by atoms with Gasteiger partial charge in [-0.1, -0.05) is 71.8 Å². The number of methoxy groups -OCH3 is 1. The lowest BCUT2D eigenvalue weighted by atomic mass is 10.0. The van der Waals surface area contributed by atoms with Gasteiger partial charge in [-0.25, -0.2) is 0 Å². The van der Waals surface area contributed by atoms with Gasteiger partial charge in [0.05, 0.1) is 48.8 Å². The number of ketones is 1. The number of hydrogen-bond donors (Lipinski definition) is 2. The van der Waals surface area contributed by atoms with E-state index in [0.29, 0.717) is 52.7 Å². The fourth-order valence-corrected chi connectivity index (χ4v) is 14.7. The third-order valence-electron chi connectivity index (χ3n) is 14.8. The van der Waals surface area contributed by atoms with E-state index in [1.807, 2.05) is 117 Å². The normalized spacial score (nSPS) is 18.4. The van der Waals surface area contributed by atoms with Crippen molar-refractivity contribution in [2.75, 3.05) is 53.1 Å². The van der Waals surface area contributed by atoms with Crippen LogP contribution in [-0.2, 0) is 49.9 Å². The first-order valence-corrected chi connectivity index (χ1v) is 29.5. The highest BCUT2D eigenvalue weighted by Crippen LogP contribution is 2.45. The molecule has 0 aromatic heterocycles. The zero-order valence-corrected chi connectivity index (χ0v) is 47.0. The standard InChI is InChI=1S/C58H67N5O10S3/c1-10-50(64)54(76(68,69)71-9)22-35(3)74-75-58(5,6)20-19-55(65)60-41-24-37(32-72-51-30-49-44(21-34(51)2)57(67)62-42(31-61(49)7)26-39-15-11-13-17-46(39)62)23-38(25-41)33-73-53-29-45-43(28-52(53)70-8)56(66)63-47-18-14-12-16-40(47)27-48(63)36(4)59-45/h11-18,21,23-25,28-30,35-36,42,48,54,59H,10,19-20,22,26-27,31-33H2,1-9H3,(H,60,65)/t35?,36?,42-,48-,54?/m0/s1. The molecule has 0 fully saturated rings. The van der Waals surface area contributed by atoms with E-state index in [9.17, 15) is 27.6 Å². The lowest BCUT2D eigenvalue weighted by molar-refractivity contribution is -0.118. The molecule has 0 bridgehead atoms. The minimum Gasteiger partial charge on any atom is -0.493 e. The van der Waals surface area contributed by atoms with E-state index in [1.165, 1.54) is 16.4 Å². The van der Waals surface area contributed by atoms with Crippen LogP contribution in [0.4, 0.5) is 28.4 Å². The summed E-state index contributed by atoms with van der Waals surface area (Å²) in [6.07, 6.45) is 2.44. The Kier molecular flexibility index (Phi) is 16.1. The number of carbonyl (C=O) groups excluding carboxylic acids is 4. The van der Waals surface area contributed by atoms with E-state index >= 15 is 0 Å². The van der Waals surface area contributed by atoms with Crippen molar-refractivity contribution in [1.29, 1.82) is 0 Å². The van der Waals surface area contributed by atoms with Crippen molar-refractivity contribution in [3.05, 3.63) is 130 Å². The first-order valence-electron chi connectivity index (χ1n) is 25.8. The van der Waals surface area contributed by atoms with Crippen molar-refractivity contribution < 1.29 is 46.0 Å². The van der Waals surface area contributed by atoms with Crippen LogP contribution in [0.2, 0.25) is 0 Å². The summed E-state index contributed by atoms with van der Waals surface area (Å²) in [6, 6.07) is 29.1. The molecule has 0 aliphatic carbocycles. The smallest absolute Gasteiger partial charge is 0.277 e. The van der Waals surface area contributed by atoms with E-state index in [0.717, 1.165) is 59.3 Å². The maximum atomic E-state index is 14.3. The van der Waals surface area contributed by atoms with Crippen molar-refractivity contribution in [3.8, 4) is 17.2 Å². The summed E-state index contributed by atoms with van der Waals surface area (Å²) >= 11 is 0. The molecule has 4 heterocycles. The third-order valence-corrected chi connectivity index (χ3v) is 20.3. The van der Waals surface area contributed by atoms with Crippen molar-refractivity contribution in [2.45, 2.75) is 127 Å². The Morgan fingerprint density at radius 2 is 1.47 bits per heavy atom.